The number of hydrogen-bond donors (Lipinski definition) is 3. The number of ether oxygens (including phenoxy) is 3. The van der Waals surface area contributed by atoms with Crippen LogP contribution >= 0.6 is 0 Å². The monoisotopic (exact) mass is 400 g/mol. The predicted molar refractivity (Wildman–Crippen MR) is 110 cm³/mol. The Hall–Kier alpha value is -2.77. The number of β-amino-alcohol motifs (C(OH)–C–C–N with tert-alkyl or cyclic N) is 1. The van der Waals surface area contributed by atoms with Gasteiger partial charge in [-0.25, -0.2) is 0 Å². The first-order valence-electron chi connectivity index (χ1n) is 9.58. The van der Waals surface area contributed by atoms with Crippen LogP contribution in [0.4, 0.5) is 0 Å². The fraction of sp³-hybridized carbons (Fsp3) is 0.409. The number of carbonyl (C=O) groups excluding carboxylic acids is 1. The quantitative estimate of drug-likeness (QED) is 0.655. The summed E-state index contributed by atoms with van der Waals surface area (Å²) in [5, 5.41) is 17.1. The third kappa shape index (κ3) is 4.31. The molecule has 0 bridgehead atoms. The van der Waals surface area contributed by atoms with Crippen molar-refractivity contribution in [1.82, 2.24) is 10.6 Å². The first kappa shape index (κ1) is 21.0. The molecule has 0 aliphatic carbocycles. The van der Waals surface area contributed by atoms with Crippen molar-refractivity contribution in [1.29, 1.82) is 0 Å². The van der Waals surface area contributed by atoms with Crippen molar-refractivity contribution >= 4 is 5.91 Å². The lowest BCUT2D eigenvalue weighted by Gasteiger charge is -2.43. The fourth-order valence-corrected chi connectivity index (χ4v) is 3.87. The van der Waals surface area contributed by atoms with Gasteiger partial charge in [0.1, 0.15) is 0 Å². The molecule has 0 saturated carbocycles. The van der Waals surface area contributed by atoms with E-state index >= 15 is 0 Å². The molecular formula is C22H28N2O5. The molecule has 3 N–H and O–H groups in total. The highest BCUT2D eigenvalue weighted by Gasteiger charge is 2.42. The molecule has 1 heterocycles. The lowest BCUT2D eigenvalue weighted by atomic mass is 9.79. The topological polar surface area (TPSA) is 89.1 Å². The van der Waals surface area contributed by atoms with Crippen molar-refractivity contribution in [2.75, 3.05) is 34.4 Å². The second-order valence-corrected chi connectivity index (χ2v) is 7.07. The molecule has 1 fully saturated rings. The molecule has 2 aromatic carbocycles. The molecule has 7 nitrogen and oxygen atoms in total. The largest absolute Gasteiger partial charge is 0.493 e. The molecule has 1 amide bonds. The average molecular weight is 400 g/mol. The summed E-state index contributed by atoms with van der Waals surface area (Å²) in [6.07, 6.45) is -0.0208. The van der Waals surface area contributed by atoms with Gasteiger partial charge in [-0.3, -0.25) is 4.79 Å². The summed E-state index contributed by atoms with van der Waals surface area (Å²) in [5.74, 6) is 1.28. The second kappa shape index (κ2) is 9.15. The van der Waals surface area contributed by atoms with Crippen LogP contribution in [-0.4, -0.2) is 51.5 Å². The van der Waals surface area contributed by atoms with Crippen LogP contribution in [0.5, 0.6) is 17.2 Å². The standard InChI is InChI=1S/C22H28N2O5/c1-27-17-11-15(12-18(28-2)21(17)29-3)13-20(26)24-22(9-10-23-14-19(22)25)16-7-5-4-6-8-16/h4-8,11-12,19,23,25H,9-10,13-14H2,1-3H3,(H,24,26)/t19-,22-/m1/s1. The van der Waals surface area contributed by atoms with Gasteiger partial charge in [-0.15, -0.1) is 0 Å². The van der Waals surface area contributed by atoms with Crippen LogP contribution in [0.2, 0.25) is 0 Å². The second-order valence-electron chi connectivity index (χ2n) is 7.07. The SMILES string of the molecule is COc1cc(CC(=O)N[C@@]2(c3ccccc3)CCNC[C@H]2O)cc(OC)c1OC. The highest BCUT2D eigenvalue weighted by atomic mass is 16.5. The van der Waals surface area contributed by atoms with Crippen LogP contribution in [-0.2, 0) is 16.8 Å². The third-order valence-corrected chi connectivity index (χ3v) is 5.34. The van der Waals surface area contributed by atoms with Crippen LogP contribution in [0, 0.1) is 0 Å². The normalized spacial score (nSPS) is 21.3. The minimum atomic E-state index is -0.829. The minimum Gasteiger partial charge on any atom is -0.493 e. The number of rotatable bonds is 7. The van der Waals surface area contributed by atoms with Crippen LogP contribution in [0.15, 0.2) is 42.5 Å². The van der Waals surface area contributed by atoms with E-state index in [4.69, 9.17) is 14.2 Å². The Labute approximate surface area is 171 Å². The van der Waals surface area contributed by atoms with E-state index in [2.05, 4.69) is 10.6 Å². The Kier molecular flexibility index (Phi) is 6.61. The molecule has 0 radical (unpaired) electrons. The third-order valence-electron chi connectivity index (χ3n) is 5.34. The highest BCUT2D eigenvalue weighted by Crippen LogP contribution is 2.38. The van der Waals surface area contributed by atoms with E-state index in [-0.39, 0.29) is 12.3 Å². The summed E-state index contributed by atoms with van der Waals surface area (Å²) < 4.78 is 16.1. The van der Waals surface area contributed by atoms with Crippen molar-refractivity contribution in [2.24, 2.45) is 0 Å². The summed E-state index contributed by atoms with van der Waals surface area (Å²) in [6, 6.07) is 13.1. The highest BCUT2D eigenvalue weighted by molar-refractivity contribution is 5.80. The first-order chi connectivity index (χ1) is 14.0. The number of hydrogen-bond acceptors (Lipinski definition) is 6. The summed E-state index contributed by atoms with van der Waals surface area (Å²) in [4.78, 5) is 13.0. The molecule has 2 aromatic rings. The van der Waals surface area contributed by atoms with Gasteiger partial charge in [0.05, 0.1) is 39.4 Å². The predicted octanol–water partition coefficient (Wildman–Crippen LogP) is 1.62. The maximum Gasteiger partial charge on any atom is 0.225 e. The van der Waals surface area contributed by atoms with E-state index in [1.54, 1.807) is 12.1 Å². The van der Waals surface area contributed by atoms with Crippen molar-refractivity contribution in [2.45, 2.75) is 24.5 Å². The van der Waals surface area contributed by atoms with Gasteiger partial charge in [0, 0.05) is 6.54 Å². The Morgan fingerprint density at radius 2 is 1.79 bits per heavy atom. The van der Waals surface area contributed by atoms with Gasteiger partial charge in [-0.05, 0) is 36.2 Å². The smallest absolute Gasteiger partial charge is 0.225 e. The number of aliphatic hydroxyl groups is 1. The lowest BCUT2D eigenvalue weighted by molar-refractivity contribution is -0.125. The minimum absolute atomic E-state index is 0.117. The van der Waals surface area contributed by atoms with Crippen LogP contribution in [0.3, 0.4) is 0 Å². The Balaban J connectivity index is 1.86. The van der Waals surface area contributed by atoms with E-state index in [1.807, 2.05) is 30.3 Å². The molecule has 0 aromatic heterocycles. The van der Waals surface area contributed by atoms with E-state index in [0.29, 0.717) is 36.8 Å². The van der Waals surface area contributed by atoms with Gasteiger partial charge < -0.3 is 30.0 Å². The van der Waals surface area contributed by atoms with Crippen LogP contribution in [0.25, 0.3) is 0 Å². The number of methoxy groups -OCH3 is 3. The number of amides is 1. The number of nitrogens with one attached hydrogen (secondary N) is 2. The number of carbonyl (C=O) groups is 1. The zero-order chi connectivity index (χ0) is 20.9. The molecule has 7 heteroatoms. The molecule has 1 aliphatic rings. The lowest BCUT2D eigenvalue weighted by Crippen LogP contribution is -2.61. The number of piperidine rings is 1. The van der Waals surface area contributed by atoms with Gasteiger partial charge >= 0.3 is 0 Å². The van der Waals surface area contributed by atoms with Crippen LogP contribution in [0.1, 0.15) is 17.5 Å². The maximum absolute atomic E-state index is 13.0. The Morgan fingerprint density at radius 1 is 1.14 bits per heavy atom. The summed E-state index contributed by atoms with van der Waals surface area (Å²) in [5.41, 5.74) is 0.792. The van der Waals surface area contributed by atoms with E-state index in [1.165, 1.54) is 21.3 Å². The molecule has 3 rings (SSSR count). The summed E-state index contributed by atoms with van der Waals surface area (Å²) in [6.45, 7) is 1.12. The maximum atomic E-state index is 13.0. The van der Waals surface area contributed by atoms with E-state index in [9.17, 15) is 9.90 Å². The Bertz CT molecular complexity index is 817. The summed E-state index contributed by atoms with van der Waals surface area (Å²) in [7, 11) is 4.61. The number of benzene rings is 2. The van der Waals surface area contributed by atoms with Gasteiger partial charge in [-0.2, -0.15) is 0 Å². The molecule has 1 saturated heterocycles. The molecule has 2 atom stereocenters. The van der Waals surface area contributed by atoms with Gasteiger partial charge in [0.25, 0.3) is 0 Å². The van der Waals surface area contributed by atoms with E-state index < -0.39 is 11.6 Å². The van der Waals surface area contributed by atoms with Crippen LogP contribution < -0.4 is 24.8 Å². The van der Waals surface area contributed by atoms with Gasteiger partial charge in [-0.1, -0.05) is 30.3 Å². The molecular weight excluding hydrogens is 372 g/mol. The zero-order valence-electron chi connectivity index (χ0n) is 17.0. The van der Waals surface area contributed by atoms with Gasteiger partial charge in [0.15, 0.2) is 11.5 Å². The first-order valence-corrected chi connectivity index (χ1v) is 9.58. The molecule has 1 aliphatic heterocycles. The van der Waals surface area contributed by atoms with Crippen molar-refractivity contribution in [3.63, 3.8) is 0 Å². The van der Waals surface area contributed by atoms with Gasteiger partial charge in [0.2, 0.25) is 11.7 Å². The molecule has 156 valence electrons. The number of aliphatic hydroxyl groups excluding tert-OH is 1. The van der Waals surface area contributed by atoms with Crippen molar-refractivity contribution < 1.29 is 24.1 Å². The van der Waals surface area contributed by atoms with E-state index in [0.717, 1.165) is 11.1 Å². The zero-order valence-corrected chi connectivity index (χ0v) is 17.0. The fourth-order valence-electron chi connectivity index (χ4n) is 3.87. The Morgan fingerprint density at radius 3 is 2.34 bits per heavy atom. The average Bonchev–Trinajstić information content (AvgIpc) is 2.75. The molecule has 0 spiro atoms. The molecule has 29 heavy (non-hydrogen) atoms. The van der Waals surface area contributed by atoms with Crippen molar-refractivity contribution in [3.05, 3.63) is 53.6 Å². The van der Waals surface area contributed by atoms with Crippen molar-refractivity contribution in [3.8, 4) is 17.2 Å². The molecule has 0 unspecified atom stereocenters. The summed E-state index contributed by atoms with van der Waals surface area (Å²) >= 11 is 0.